The maximum absolute atomic E-state index is 12.3. The molecule has 0 saturated carbocycles. The Kier molecular flexibility index (Phi) is 5.87. The molecule has 0 radical (unpaired) electrons. The van der Waals surface area contributed by atoms with Crippen molar-refractivity contribution in [1.82, 2.24) is 0 Å². The summed E-state index contributed by atoms with van der Waals surface area (Å²) in [6, 6.07) is 13.2. The third kappa shape index (κ3) is 4.95. The van der Waals surface area contributed by atoms with Gasteiger partial charge >= 0.3 is 0 Å². The number of carbonyl (C=O) groups is 1. The van der Waals surface area contributed by atoms with Crippen LogP contribution in [0.3, 0.4) is 0 Å². The van der Waals surface area contributed by atoms with E-state index < -0.39 is 11.0 Å². The Bertz CT molecular complexity index is 786. The summed E-state index contributed by atoms with van der Waals surface area (Å²) in [7, 11) is 0. The first-order valence-corrected chi connectivity index (χ1v) is 8.67. The number of rotatable bonds is 6. The van der Waals surface area contributed by atoms with E-state index in [0.717, 1.165) is 32.0 Å². The number of morpholine rings is 1. The summed E-state index contributed by atoms with van der Waals surface area (Å²) in [6.45, 7) is 4.77. The van der Waals surface area contributed by atoms with Crippen LogP contribution in [0.4, 0.5) is 17.1 Å². The Morgan fingerprint density at radius 1 is 1.15 bits per heavy atom. The van der Waals surface area contributed by atoms with Crippen molar-refractivity contribution < 1.29 is 19.2 Å². The van der Waals surface area contributed by atoms with Crippen LogP contribution in [0.15, 0.2) is 48.5 Å². The summed E-state index contributed by atoms with van der Waals surface area (Å²) < 4.78 is 10.9. The quantitative estimate of drug-likeness (QED) is 0.620. The molecule has 8 nitrogen and oxygen atoms in total. The standard InChI is InChI=1S/C19H21N3O5/c1-14(27-18-8-6-17(7-9-18)22(24)25)19(23)20-15-2-4-16(5-3-15)21-10-12-26-13-11-21/h2-9,14H,10-13H2,1H3,(H,20,23)/t14-/m1/s1. The van der Waals surface area contributed by atoms with Crippen LogP contribution in [0.2, 0.25) is 0 Å². The van der Waals surface area contributed by atoms with Crippen LogP contribution in [0.5, 0.6) is 5.75 Å². The van der Waals surface area contributed by atoms with Crippen molar-refractivity contribution in [2.45, 2.75) is 13.0 Å². The highest BCUT2D eigenvalue weighted by molar-refractivity contribution is 5.94. The Labute approximate surface area is 156 Å². The highest BCUT2D eigenvalue weighted by Crippen LogP contribution is 2.21. The molecule has 0 bridgehead atoms. The van der Waals surface area contributed by atoms with E-state index in [-0.39, 0.29) is 11.6 Å². The first kappa shape index (κ1) is 18.7. The number of carbonyl (C=O) groups excluding carboxylic acids is 1. The fourth-order valence-electron chi connectivity index (χ4n) is 2.73. The average Bonchev–Trinajstić information content (AvgIpc) is 2.69. The largest absolute Gasteiger partial charge is 0.481 e. The van der Waals surface area contributed by atoms with Crippen molar-refractivity contribution in [3.05, 3.63) is 58.6 Å². The SMILES string of the molecule is C[C@@H](Oc1ccc([N+](=O)[O-])cc1)C(=O)Nc1ccc(N2CCOCC2)cc1. The number of anilines is 2. The van der Waals surface area contributed by atoms with Crippen LogP contribution in [0.25, 0.3) is 0 Å². The minimum atomic E-state index is -0.745. The molecule has 142 valence electrons. The van der Waals surface area contributed by atoms with Crippen LogP contribution in [0.1, 0.15) is 6.92 Å². The zero-order valence-electron chi connectivity index (χ0n) is 15.0. The molecular weight excluding hydrogens is 350 g/mol. The molecule has 27 heavy (non-hydrogen) atoms. The number of hydrogen-bond acceptors (Lipinski definition) is 6. The lowest BCUT2D eigenvalue weighted by Crippen LogP contribution is -2.36. The topological polar surface area (TPSA) is 93.9 Å². The number of nitrogens with one attached hydrogen (secondary N) is 1. The van der Waals surface area contributed by atoms with Gasteiger partial charge in [-0.15, -0.1) is 0 Å². The average molecular weight is 371 g/mol. The molecule has 1 aliphatic rings. The maximum atomic E-state index is 12.3. The maximum Gasteiger partial charge on any atom is 0.269 e. The van der Waals surface area contributed by atoms with E-state index in [4.69, 9.17) is 9.47 Å². The zero-order chi connectivity index (χ0) is 19.2. The molecule has 0 spiro atoms. The Morgan fingerprint density at radius 3 is 2.37 bits per heavy atom. The normalized spacial score (nSPS) is 15.1. The molecule has 2 aromatic carbocycles. The van der Waals surface area contributed by atoms with Gasteiger partial charge in [-0.1, -0.05) is 0 Å². The van der Waals surface area contributed by atoms with E-state index in [9.17, 15) is 14.9 Å². The second-order valence-electron chi connectivity index (χ2n) is 6.15. The van der Waals surface area contributed by atoms with Gasteiger partial charge in [-0.25, -0.2) is 0 Å². The van der Waals surface area contributed by atoms with E-state index in [0.29, 0.717) is 11.4 Å². The third-order valence-electron chi connectivity index (χ3n) is 4.24. The zero-order valence-corrected chi connectivity index (χ0v) is 15.0. The molecule has 1 saturated heterocycles. The first-order valence-electron chi connectivity index (χ1n) is 8.67. The smallest absolute Gasteiger partial charge is 0.269 e. The molecule has 1 N–H and O–H groups in total. The van der Waals surface area contributed by atoms with Gasteiger partial charge in [0.15, 0.2) is 6.10 Å². The molecule has 2 aromatic rings. The van der Waals surface area contributed by atoms with Crippen molar-refractivity contribution in [1.29, 1.82) is 0 Å². The number of amides is 1. The van der Waals surface area contributed by atoms with Crippen LogP contribution in [-0.4, -0.2) is 43.2 Å². The summed E-state index contributed by atoms with van der Waals surface area (Å²) in [6.07, 6.45) is -0.745. The van der Waals surface area contributed by atoms with Crippen LogP contribution < -0.4 is 15.0 Å². The monoisotopic (exact) mass is 371 g/mol. The first-order chi connectivity index (χ1) is 13.0. The van der Waals surface area contributed by atoms with Crippen molar-refractivity contribution in [2.75, 3.05) is 36.5 Å². The van der Waals surface area contributed by atoms with Crippen molar-refractivity contribution in [3.63, 3.8) is 0 Å². The molecule has 1 fully saturated rings. The van der Waals surface area contributed by atoms with Gasteiger partial charge in [0.2, 0.25) is 0 Å². The van der Waals surface area contributed by atoms with Crippen LogP contribution in [0, 0.1) is 10.1 Å². The van der Waals surface area contributed by atoms with E-state index in [2.05, 4.69) is 10.2 Å². The number of benzene rings is 2. The second kappa shape index (κ2) is 8.50. The number of nitrogens with zero attached hydrogens (tertiary/aromatic N) is 2. The summed E-state index contributed by atoms with van der Waals surface area (Å²) in [5, 5.41) is 13.5. The predicted molar refractivity (Wildman–Crippen MR) is 101 cm³/mol. The van der Waals surface area contributed by atoms with Gasteiger partial charge in [0.05, 0.1) is 18.1 Å². The Hall–Kier alpha value is -3.13. The third-order valence-corrected chi connectivity index (χ3v) is 4.24. The van der Waals surface area contributed by atoms with Gasteiger partial charge in [-0.2, -0.15) is 0 Å². The molecule has 0 unspecified atom stereocenters. The van der Waals surface area contributed by atoms with Crippen molar-refractivity contribution in [3.8, 4) is 5.75 Å². The second-order valence-corrected chi connectivity index (χ2v) is 6.15. The highest BCUT2D eigenvalue weighted by atomic mass is 16.6. The van der Waals surface area contributed by atoms with Crippen molar-refractivity contribution >= 4 is 23.0 Å². The lowest BCUT2D eigenvalue weighted by atomic mass is 10.2. The number of ether oxygens (including phenoxy) is 2. The summed E-state index contributed by atoms with van der Waals surface area (Å²) >= 11 is 0. The molecule has 1 heterocycles. The molecule has 8 heteroatoms. The fraction of sp³-hybridized carbons (Fsp3) is 0.316. The number of nitro groups is 1. The molecule has 0 aromatic heterocycles. The summed E-state index contributed by atoms with van der Waals surface area (Å²) in [5.74, 6) is 0.0957. The van der Waals surface area contributed by atoms with Gasteiger partial charge in [0.1, 0.15) is 5.75 Å². The highest BCUT2D eigenvalue weighted by Gasteiger charge is 2.16. The van der Waals surface area contributed by atoms with E-state index in [1.165, 1.54) is 24.3 Å². The molecule has 1 amide bonds. The summed E-state index contributed by atoms with van der Waals surface area (Å²) in [4.78, 5) is 24.7. The molecule has 0 aliphatic carbocycles. The Morgan fingerprint density at radius 2 is 1.78 bits per heavy atom. The fourth-order valence-corrected chi connectivity index (χ4v) is 2.73. The predicted octanol–water partition coefficient (Wildman–Crippen LogP) is 2.84. The van der Waals surface area contributed by atoms with Gasteiger partial charge in [-0.05, 0) is 43.3 Å². The number of hydrogen-bond donors (Lipinski definition) is 1. The minimum Gasteiger partial charge on any atom is -0.481 e. The lowest BCUT2D eigenvalue weighted by Gasteiger charge is -2.29. The molecule has 1 aliphatic heterocycles. The minimum absolute atomic E-state index is 0.0280. The van der Waals surface area contributed by atoms with Gasteiger partial charge in [0, 0.05) is 36.6 Å². The van der Waals surface area contributed by atoms with Crippen LogP contribution >= 0.6 is 0 Å². The van der Waals surface area contributed by atoms with E-state index in [1.54, 1.807) is 6.92 Å². The number of non-ortho nitro benzene ring substituents is 1. The van der Waals surface area contributed by atoms with Gasteiger partial charge < -0.3 is 19.7 Å². The molecular formula is C19H21N3O5. The van der Waals surface area contributed by atoms with E-state index >= 15 is 0 Å². The van der Waals surface area contributed by atoms with Gasteiger partial charge in [-0.3, -0.25) is 14.9 Å². The van der Waals surface area contributed by atoms with E-state index in [1.807, 2.05) is 24.3 Å². The molecule has 3 rings (SSSR count). The number of nitro benzene ring substituents is 1. The van der Waals surface area contributed by atoms with Crippen LogP contribution in [-0.2, 0) is 9.53 Å². The Balaban J connectivity index is 1.55. The van der Waals surface area contributed by atoms with Gasteiger partial charge in [0.25, 0.3) is 11.6 Å². The summed E-state index contributed by atoms with van der Waals surface area (Å²) in [5.41, 5.74) is 1.74. The molecule has 1 atom stereocenters. The lowest BCUT2D eigenvalue weighted by molar-refractivity contribution is -0.384. The van der Waals surface area contributed by atoms with Crippen molar-refractivity contribution in [2.24, 2.45) is 0 Å².